The molecule has 0 saturated carbocycles. The van der Waals surface area contributed by atoms with Crippen molar-refractivity contribution in [1.29, 1.82) is 0 Å². The van der Waals surface area contributed by atoms with Gasteiger partial charge in [0.05, 0.1) is 17.6 Å². The second-order valence-electron chi connectivity index (χ2n) is 4.23. The highest BCUT2D eigenvalue weighted by Gasteiger charge is 2.42. The van der Waals surface area contributed by atoms with Gasteiger partial charge in [0.25, 0.3) is 0 Å². The van der Waals surface area contributed by atoms with Crippen molar-refractivity contribution in [3.05, 3.63) is 28.9 Å². The summed E-state index contributed by atoms with van der Waals surface area (Å²) in [5, 5.41) is 6.95. The molecule has 0 aromatic carbocycles. The monoisotopic (exact) mass is 216 g/mol. The molecule has 6 nitrogen and oxygen atoms in total. The number of hydrogen-bond acceptors (Lipinski definition) is 4. The number of nitrogens with zero attached hydrogens (tertiary/aromatic N) is 5. The topological polar surface area (TPSA) is 76.9 Å². The molecule has 0 bridgehead atoms. The highest BCUT2D eigenvalue weighted by molar-refractivity contribution is 5.56. The third kappa shape index (κ3) is 1.39. The van der Waals surface area contributed by atoms with Gasteiger partial charge >= 0.3 is 0 Å². The summed E-state index contributed by atoms with van der Waals surface area (Å²) < 4.78 is 0. The molecule has 0 amide bonds. The lowest BCUT2D eigenvalue weighted by molar-refractivity contribution is 0.365. The maximum Gasteiger partial charge on any atom is 0.0579 e. The van der Waals surface area contributed by atoms with Crippen LogP contribution in [0.25, 0.3) is 10.4 Å². The number of rotatable bonds is 2. The molecule has 2 aliphatic heterocycles. The predicted octanol–water partition coefficient (Wildman–Crippen LogP) is 1.43. The van der Waals surface area contributed by atoms with Crippen molar-refractivity contribution in [3.8, 4) is 0 Å². The lowest BCUT2D eigenvalue weighted by Crippen LogP contribution is -2.55. The van der Waals surface area contributed by atoms with Gasteiger partial charge in [0.1, 0.15) is 0 Å². The minimum Gasteiger partial charge on any atom is -0.365 e. The van der Waals surface area contributed by atoms with Gasteiger partial charge in [0.15, 0.2) is 0 Å². The van der Waals surface area contributed by atoms with Crippen LogP contribution in [-0.4, -0.2) is 30.7 Å². The second kappa shape index (κ2) is 3.66. The third-order valence-electron chi connectivity index (χ3n) is 3.34. The van der Waals surface area contributed by atoms with Gasteiger partial charge in [-0.3, -0.25) is 4.98 Å². The van der Waals surface area contributed by atoms with Crippen molar-refractivity contribution in [2.45, 2.75) is 6.04 Å². The first-order valence-corrected chi connectivity index (χ1v) is 5.36. The second-order valence-corrected chi connectivity index (χ2v) is 4.23. The van der Waals surface area contributed by atoms with Crippen LogP contribution in [0, 0.1) is 5.92 Å². The Kier molecular flexibility index (Phi) is 2.16. The van der Waals surface area contributed by atoms with Crippen molar-refractivity contribution in [3.63, 3.8) is 0 Å². The standard InChI is InChI=1S/C10H12N6/c11-15-14-8-1-9(4-13-3-8)16-6-7-2-12-5-10(7)16/h1,3-4,7,10,12H,2,5-6H2/t7-,10-/m1/s1. The zero-order chi connectivity index (χ0) is 11.0. The number of fused-ring (bicyclic) bond motifs is 1. The fourth-order valence-corrected chi connectivity index (χ4v) is 2.50. The Morgan fingerprint density at radius 3 is 3.25 bits per heavy atom. The van der Waals surface area contributed by atoms with Crippen LogP contribution in [0.15, 0.2) is 23.6 Å². The molecule has 3 heterocycles. The normalized spacial score (nSPS) is 26.9. The molecule has 2 atom stereocenters. The Morgan fingerprint density at radius 2 is 2.44 bits per heavy atom. The molecule has 1 N–H and O–H groups in total. The van der Waals surface area contributed by atoms with Gasteiger partial charge in [-0.15, -0.1) is 0 Å². The van der Waals surface area contributed by atoms with E-state index in [2.05, 4.69) is 25.2 Å². The van der Waals surface area contributed by atoms with Gasteiger partial charge in [0.2, 0.25) is 0 Å². The van der Waals surface area contributed by atoms with Gasteiger partial charge in [0, 0.05) is 42.7 Å². The summed E-state index contributed by atoms with van der Waals surface area (Å²) in [6.07, 6.45) is 3.40. The maximum absolute atomic E-state index is 8.38. The van der Waals surface area contributed by atoms with E-state index < -0.39 is 0 Å². The average molecular weight is 216 g/mol. The van der Waals surface area contributed by atoms with Crippen molar-refractivity contribution < 1.29 is 0 Å². The Bertz CT molecular complexity index is 452. The molecule has 6 heteroatoms. The molecule has 2 fully saturated rings. The lowest BCUT2D eigenvalue weighted by atomic mass is 9.91. The van der Waals surface area contributed by atoms with E-state index in [1.165, 1.54) is 0 Å². The molecule has 0 radical (unpaired) electrons. The molecular weight excluding hydrogens is 204 g/mol. The highest BCUT2D eigenvalue weighted by atomic mass is 15.3. The first-order valence-electron chi connectivity index (χ1n) is 5.36. The van der Waals surface area contributed by atoms with Crippen molar-refractivity contribution in [2.75, 3.05) is 24.5 Å². The molecule has 2 saturated heterocycles. The van der Waals surface area contributed by atoms with E-state index in [1.54, 1.807) is 6.20 Å². The van der Waals surface area contributed by atoms with Crippen LogP contribution >= 0.6 is 0 Å². The van der Waals surface area contributed by atoms with E-state index in [1.807, 2.05) is 12.3 Å². The highest BCUT2D eigenvalue weighted by Crippen LogP contribution is 2.34. The lowest BCUT2D eigenvalue weighted by Gasteiger charge is -2.45. The number of aromatic nitrogens is 1. The largest absolute Gasteiger partial charge is 0.365 e. The van der Waals surface area contributed by atoms with Crippen LogP contribution in [-0.2, 0) is 0 Å². The van der Waals surface area contributed by atoms with Crippen LogP contribution in [0.2, 0.25) is 0 Å². The Hall–Kier alpha value is -1.78. The molecule has 0 spiro atoms. The van der Waals surface area contributed by atoms with Crippen LogP contribution < -0.4 is 10.2 Å². The summed E-state index contributed by atoms with van der Waals surface area (Å²) in [4.78, 5) is 9.18. The molecular formula is C10H12N6. The first kappa shape index (κ1) is 9.45. The van der Waals surface area contributed by atoms with Crippen molar-refractivity contribution >= 4 is 11.4 Å². The van der Waals surface area contributed by atoms with E-state index in [9.17, 15) is 0 Å². The van der Waals surface area contributed by atoms with Gasteiger partial charge in [-0.25, -0.2) is 0 Å². The van der Waals surface area contributed by atoms with E-state index in [-0.39, 0.29) is 0 Å². The zero-order valence-corrected chi connectivity index (χ0v) is 8.74. The summed E-state index contributed by atoms with van der Waals surface area (Å²) in [7, 11) is 0. The van der Waals surface area contributed by atoms with Gasteiger partial charge in [-0.1, -0.05) is 5.11 Å². The Morgan fingerprint density at radius 1 is 1.50 bits per heavy atom. The molecule has 1 aromatic heterocycles. The fraction of sp³-hybridized carbons (Fsp3) is 0.500. The maximum atomic E-state index is 8.38. The molecule has 2 aliphatic rings. The van der Waals surface area contributed by atoms with Gasteiger partial charge < -0.3 is 10.2 Å². The van der Waals surface area contributed by atoms with Crippen LogP contribution in [0.5, 0.6) is 0 Å². The molecule has 82 valence electrons. The van der Waals surface area contributed by atoms with Gasteiger partial charge in [-0.05, 0) is 11.6 Å². The molecule has 0 unspecified atom stereocenters. The molecule has 3 rings (SSSR count). The van der Waals surface area contributed by atoms with E-state index in [4.69, 9.17) is 5.53 Å². The van der Waals surface area contributed by atoms with Crippen LogP contribution in [0.3, 0.4) is 0 Å². The average Bonchev–Trinajstić information content (AvgIpc) is 2.61. The van der Waals surface area contributed by atoms with Crippen molar-refractivity contribution in [2.24, 2.45) is 11.0 Å². The number of pyridine rings is 1. The predicted molar refractivity (Wildman–Crippen MR) is 60.5 cm³/mol. The van der Waals surface area contributed by atoms with E-state index in [0.29, 0.717) is 11.7 Å². The fourth-order valence-electron chi connectivity index (χ4n) is 2.50. The number of nitrogens with one attached hydrogen (secondary N) is 1. The van der Waals surface area contributed by atoms with Crippen LogP contribution in [0.1, 0.15) is 0 Å². The van der Waals surface area contributed by atoms with Gasteiger partial charge in [-0.2, -0.15) is 0 Å². The van der Waals surface area contributed by atoms with Crippen molar-refractivity contribution in [1.82, 2.24) is 10.3 Å². The minimum atomic E-state index is 0.578. The number of azide groups is 1. The summed E-state index contributed by atoms with van der Waals surface area (Å²) in [5.74, 6) is 0.767. The minimum absolute atomic E-state index is 0.578. The molecule has 16 heavy (non-hydrogen) atoms. The number of anilines is 1. The first-order chi connectivity index (χ1) is 7.88. The van der Waals surface area contributed by atoms with Crippen LogP contribution in [0.4, 0.5) is 11.4 Å². The summed E-state index contributed by atoms with van der Waals surface area (Å²) in [6, 6.07) is 2.48. The Labute approximate surface area is 92.9 Å². The summed E-state index contributed by atoms with van der Waals surface area (Å²) >= 11 is 0. The smallest absolute Gasteiger partial charge is 0.0579 e. The van der Waals surface area contributed by atoms with E-state index >= 15 is 0 Å². The summed E-state index contributed by atoms with van der Waals surface area (Å²) in [6.45, 7) is 3.22. The Balaban J connectivity index is 1.84. The van der Waals surface area contributed by atoms with E-state index in [0.717, 1.165) is 31.2 Å². The molecule has 0 aliphatic carbocycles. The number of hydrogen-bond donors (Lipinski definition) is 1. The quantitative estimate of drug-likeness (QED) is 0.461. The third-order valence-corrected chi connectivity index (χ3v) is 3.34. The molecule has 1 aromatic rings. The SMILES string of the molecule is [N-]=[N+]=Nc1cncc(N2C[C@H]3CNC[C@H]32)c1. The summed E-state index contributed by atoms with van der Waals surface area (Å²) in [5.41, 5.74) is 10.0. The zero-order valence-electron chi connectivity index (χ0n) is 8.74.